The van der Waals surface area contributed by atoms with Gasteiger partial charge < -0.3 is 19.7 Å². The highest BCUT2D eigenvalue weighted by Crippen LogP contribution is 2.74. The van der Waals surface area contributed by atoms with Crippen molar-refractivity contribution in [3.8, 4) is 0 Å². The number of aliphatic hydroxyl groups is 2. The maximum absolute atomic E-state index is 11.7. The molecular weight excluding hydrogens is 340 g/mol. The number of rotatable bonds is 4. The maximum Gasteiger partial charge on any atom is 0.112 e. The molecule has 1 saturated carbocycles. The van der Waals surface area contributed by atoms with Crippen molar-refractivity contribution in [3.05, 3.63) is 70.8 Å². The summed E-state index contributed by atoms with van der Waals surface area (Å²) in [4.78, 5) is 0. The van der Waals surface area contributed by atoms with Crippen LogP contribution in [0.5, 0.6) is 0 Å². The summed E-state index contributed by atoms with van der Waals surface area (Å²) in [6.45, 7) is 4.00. The number of allylic oxidation sites excluding steroid dienone is 4. The van der Waals surface area contributed by atoms with Crippen LogP contribution in [0.3, 0.4) is 0 Å². The number of benzene rings is 1. The van der Waals surface area contributed by atoms with Crippen LogP contribution in [0, 0.1) is 18.3 Å². The van der Waals surface area contributed by atoms with E-state index in [-0.39, 0.29) is 12.0 Å². The number of aryl methyl sites for hydroxylation is 1. The molecule has 144 valence electrons. The molecule has 27 heavy (non-hydrogen) atoms. The van der Waals surface area contributed by atoms with Crippen molar-refractivity contribution in [1.29, 1.82) is 0 Å². The first-order chi connectivity index (χ1) is 13.0. The molecule has 0 bridgehead atoms. The predicted octanol–water partition coefficient (Wildman–Crippen LogP) is 3.25. The molecule has 4 rings (SSSR count). The van der Waals surface area contributed by atoms with Gasteiger partial charge in [-0.2, -0.15) is 0 Å². The second-order valence-electron chi connectivity index (χ2n) is 7.94. The van der Waals surface area contributed by atoms with E-state index >= 15 is 0 Å². The molecule has 0 aromatic heterocycles. The van der Waals surface area contributed by atoms with Gasteiger partial charge in [-0.3, -0.25) is 0 Å². The second kappa shape index (κ2) is 6.42. The Labute approximate surface area is 160 Å². The molecule has 3 aliphatic carbocycles. The monoisotopic (exact) mass is 368 g/mol. The lowest BCUT2D eigenvalue weighted by molar-refractivity contribution is -0.0677. The Morgan fingerprint density at radius 3 is 2.59 bits per heavy atom. The molecule has 0 spiro atoms. The minimum atomic E-state index is -1.30. The second-order valence-corrected chi connectivity index (χ2v) is 7.94. The lowest BCUT2D eigenvalue weighted by atomic mass is 9.69. The summed E-state index contributed by atoms with van der Waals surface area (Å²) >= 11 is 0. The van der Waals surface area contributed by atoms with Gasteiger partial charge in [0, 0.05) is 20.1 Å². The molecule has 0 heterocycles. The number of fused-ring (bicyclic) bond motifs is 2. The Morgan fingerprint density at radius 1 is 1.19 bits per heavy atom. The van der Waals surface area contributed by atoms with Gasteiger partial charge in [0.15, 0.2) is 0 Å². The first-order valence-electron chi connectivity index (χ1n) is 9.54. The number of hydrogen-bond acceptors (Lipinski definition) is 4. The molecule has 3 unspecified atom stereocenters. The van der Waals surface area contributed by atoms with Crippen molar-refractivity contribution < 1.29 is 19.7 Å². The van der Waals surface area contributed by atoms with Crippen LogP contribution in [0.25, 0.3) is 0 Å². The van der Waals surface area contributed by atoms with Gasteiger partial charge in [0.05, 0.1) is 23.7 Å². The fraction of sp³-hybridized carbons (Fsp3) is 0.478. The van der Waals surface area contributed by atoms with Crippen molar-refractivity contribution in [2.24, 2.45) is 11.3 Å². The minimum absolute atomic E-state index is 0.239. The summed E-state index contributed by atoms with van der Waals surface area (Å²) in [6, 6.07) is 8.03. The van der Waals surface area contributed by atoms with Gasteiger partial charge in [0.2, 0.25) is 0 Å². The van der Waals surface area contributed by atoms with E-state index in [0.29, 0.717) is 0 Å². The fourth-order valence-corrected chi connectivity index (χ4v) is 5.60. The smallest absolute Gasteiger partial charge is 0.112 e. The first-order valence-corrected chi connectivity index (χ1v) is 9.54. The summed E-state index contributed by atoms with van der Waals surface area (Å²) < 4.78 is 11.8. The van der Waals surface area contributed by atoms with Crippen LogP contribution < -0.4 is 0 Å². The molecule has 2 N–H and O–H groups in total. The van der Waals surface area contributed by atoms with E-state index in [1.54, 1.807) is 14.2 Å². The number of aliphatic hydroxyl groups excluding tert-OH is 1. The molecule has 6 atom stereocenters. The Hall–Kier alpha value is -1.72. The van der Waals surface area contributed by atoms with Crippen molar-refractivity contribution in [3.63, 3.8) is 0 Å². The predicted molar refractivity (Wildman–Crippen MR) is 104 cm³/mol. The van der Waals surface area contributed by atoms with Gasteiger partial charge >= 0.3 is 0 Å². The summed E-state index contributed by atoms with van der Waals surface area (Å²) in [6.07, 6.45) is 7.22. The van der Waals surface area contributed by atoms with E-state index in [9.17, 15) is 10.2 Å². The zero-order valence-corrected chi connectivity index (χ0v) is 16.3. The lowest BCUT2D eigenvalue weighted by Gasteiger charge is -2.42. The minimum Gasteiger partial charge on any atom is -0.389 e. The van der Waals surface area contributed by atoms with Crippen LogP contribution in [-0.4, -0.2) is 42.2 Å². The van der Waals surface area contributed by atoms with Gasteiger partial charge in [0.25, 0.3) is 0 Å². The van der Waals surface area contributed by atoms with Gasteiger partial charge in [-0.1, -0.05) is 55.5 Å². The quantitative estimate of drug-likeness (QED) is 0.857. The molecule has 1 fully saturated rings. The molecule has 0 amide bonds. The van der Waals surface area contributed by atoms with Crippen LogP contribution in [0.1, 0.15) is 30.6 Å². The average Bonchev–Trinajstić information content (AvgIpc) is 3.27. The SMILES string of the molecule is COC1C2=C(C=CC=CC2)[C@]2(C(OC)c3ccccc3C)[C@H](O)[C@@]2(O)C1C. The normalized spacial score (nSPS) is 38.2. The van der Waals surface area contributed by atoms with Gasteiger partial charge in [-0.05, 0) is 35.6 Å². The van der Waals surface area contributed by atoms with Crippen LogP contribution in [0.15, 0.2) is 59.7 Å². The highest BCUT2D eigenvalue weighted by Gasteiger charge is 2.85. The van der Waals surface area contributed by atoms with Crippen LogP contribution >= 0.6 is 0 Å². The third kappa shape index (κ3) is 2.18. The third-order valence-electron chi connectivity index (χ3n) is 6.93. The van der Waals surface area contributed by atoms with Crippen LogP contribution in [0.2, 0.25) is 0 Å². The molecule has 0 saturated heterocycles. The third-order valence-corrected chi connectivity index (χ3v) is 6.93. The Bertz CT molecular complexity index is 839. The van der Waals surface area contributed by atoms with Gasteiger partial charge in [-0.25, -0.2) is 0 Å². The maximum atomic E-state index is 11.7. The van der Waals surface area contributed by atoms with Crippen LogP contribution in [0.4, 0.5) is 0 Å². The van der Waals surface area contributed by atoms with E-state index in [1.807, 2.05) is 56.3 Å². The molecular formula is C23H28O4. The number of ether oxygens (including phenoxy) is 2. The first kappa shape index (κ1) is 18.6. The Balaban J connectivity index is 1.98. The summed E-state index contributed by atoms with van der Waals surface area (Å²) in [5.41, 5.74) is 1.94. The lowest BCUT2D eigenvalue weighted by Crippen LogP contribution is -2.45. The van der Waals surface area contributed by atoms with Crippen molar-refractivity contribution in [1.82, 2.24) is 0 Å². The highest BCUT2D eigenvalue weighted by molar-refractivity contribution is 5.57. The summed E-state index contributed by atoms with van der Waals surface area (Å²) in [7, 11) is 3.33. The van der Waals surface area contributed by atoms with E-state index in [2.05, 4.69) is 6.08 Å². The average molecular weight is 368 g/mol. The van der Waals surface area contributed by atoms with Gasteiger partial charge in [-0.15, -0.1) is 0 Å². The van der Waals surface area contributed by atoms with Crippen molar-refractivity contribution in [2.75, 3.05) is 14.2 Å². The Kier molecular flexibility index (Phi) is 4.43. The fourth-order valence-electron chi connectivity index (χ4n) is 5.60. The summed E-state index contributed by atoms with van der Waals surface area (Å²) in [5.74, 6) is -0.252. The highest BCUT2D eigenvalue weighted by atomic mass is 16.5. The van der Waals surface area contributed by atoms with E-state index < -0.39 is 23.2 Å². The zero-order chi connectivity index (χ0) is 19.4. The molecule has 0 aliphatic heterocycles. The molecule has 1 aromatic rings. The van der Waals surface area contributed by atoms with E-state index in [0.717, 1.165) is 28.7 Å². The summed E-state index contributed by atoms with van der Waals surface area (Å²) in [5, 5.41) is 23.0. The van der Waals surface area contributed by atoms with Crippen LogP contribution in [-0.2, 0) is 9.47 Å². The number of methoxy groups -OCH3 is 2. The van der Waals surface area contributed by atoms with Crippen molar-refractivity contribution in [2.45, 2.75) is 44.2 Å². The molecule has 0 radical (unpaired) electrons. The Morgan fingerprint density at radius 2 is 1.93 bits per heavy atom. The van der Waals surface area contributed by atoms with E-state index in [4.69, 9.17) is 9.47 Å². The van der Waals surface area contributed by atoms with Gasteiger partial charge in [0.1, 0.15) is 5.60 Å². The molecule has 4 heteroatoms. The molecule has 3 aliphatic rings. The number of hydrogen-bond donors (Lipinski definition) is 2. The topological polar surface area (TPSA) is 58.9 Å². The largest absolute Gasteiger partial charge is 0.389 e. The zero-order valence-electron chi connectivity index (χ0n) is 16.3. The van der Waals surface area contributed by atoms with Crippen molar-refractivity contribution >= 4 is 0 Å². The molecule has 4 nitrogen and oxygen atoms in total. The van der Waals surface area contributed by atoms with E-state index in [1.165, 1.54) is 0 Å². The standard InChI is InChI=1S/C23H28O4/c1-14-10-8-9-11-16(14)20(27-4)22-18-13-7-5-6-12-17(18)19(26-3)15(2)23(22,25)21(22)24/h5-11,13,15,19-21,24-25H,12H2,1-4H3/t15?,19?,20?,21-,22-,23-/m0/s1. The molecule has 1 aromatic carbocycles.